The van der Waals surface area contributed by atoms with Crippen molar-refractivity contribution in [2.45, 2.75) is 12.5 Å². The Bertz CT molecular complexity index is 503. The highest BCUT2D eigenvalue weighted by Gasteiger charge is 2.25. The Labute approximate surface area is 118 Å². The Kier molecular flexibility index (Phi) is 4.00. The number of hydrogen-bond donors (Lipinski definition) is 1. The van der Waals surface area contributed by atoms with Crippen molar-refractivity contribution in [2.24, 2.45) is 0 Å². The van der Waals surface area contributed by atoms with Crippen LogP contribution < -0.4 is 4.74 Å². The van der Waals surface area contributed by atoms with Crippen molar-refractivity contribution in [3.8, 4) is 5.75 Å². The zero-order chi connectivity index (χ0) is 13.9. The first-order valence-corrected chi connectivity index (χ1v) is 6.99. The maximum Gasteiger partial charge on any atom is 0.176 e. The molecule has 2 aliphatic heterocycles. The number of aliphatic hydroxyl groups excluding tert-OH is 1. The van der Waals surface area contributed by atoms with Gasteiger partial charge in [-0.2, -0.15) is 0 Å². The van der Waals surface area contributed by atoms with Crippen LogP contribution in [0.3, 0.4) is 0 Å². The van der Waals surface area contributed by atoms with Gasteiger partial charge in [-0.1, -0.05) is 0 Å². The molecule has 0 amide bonds. The molecule has 5 nitrogen and oxygen atoms in total. The molecule has 2 heterocycles. The summed E-state index contributed by atoms with van der Waals surface area (Å²) in [5.74, 6) is 0.973. The van der Waals surface area contributed by atoms with Crippen LogP contribution in [0, 0.1) is 0 Å². The zero-order valence-electron chi connectivity index (χ0n) is 11.4. The predicted molar refractivity (Wildman–Crippen MR) is 73.2 cm³/mol. The Hall–Kier alpha value is -1.43. The van der Waals surface area contributed by atoms with Crippen LogP contribution >= 0.6 is 0 Å². The van der Waals surface area contributed by atoms with Crippen molar-refractivity contribution in [3.05, 3.63) is 29.3 Å². The normalized spacial score (nSPS) is 22.4. The second-order valence-electron chi connectivity index (χ2n) is 5.23. The molecular formula is C15H19NO4. The average molecular weight is 277 g/mol. The molecule has 20 heavy (non-hydrogen) atoms. The molecule has 5 heteroatoms. The lowest BCUT2D eigenvalue weighted by atomic mass is 10.0. The Morgan fingerprint density at radius 1 is 1.40 bits per heavy atom. The van der Waals surface area contributed by atoms with Gasteiger partial charge in [0.2, 0.25) is 0 Å². The Morgan fingerprint density at radius 3 is 3.15 bits per heavy atom. The van der Waals surface area contributed by atoms with E-state index in [1.807, 2.05) is 23.1 Å². The third-order valence-electron chi connectivity index (χ3n) is 3.92. The number of aliphatic hydroxyl groups is 1. The van der Waals surface area contributed by atoms with Crippen LogP contribution in [0.15, 0.2) is 18.2 Å². The summed E-state index contributed by atoms with van der Waals surface area (Å²) in [7, 11) is 0. The standard InChI is InChI=1S/C15H19NO4/c17-9-13-10-19-6-4-16(13)8-14(18)11-1-2-15-12(7-11)3-5-20-15/h1-2,7,13,17H,3-6,8-10H2. The van der Waals surface area contributed by atoms with E-state index in [2.05, 4.69) is 0 Å². The second kappa shape index (κ2) is 5.91. The molecule has 1 N–H and O–H groups in total. The molecule has 1 aromatic carbocycles. The average Bonchev–Trinajstić information content (AvgIpc) is 2.95. The van der Waals surface area contributed by atoms with E-state index in [0.29, 0.717) is 32.9 Å². The first kappa shape index (κ1) is 13.5. The number of carbonyl (C=O) groups is 1. The van der Waals surface area contributed by atoms with E-state index in [0.717, 1.165) is 23.3 Å². The summed E-state index contributed by atoms with van der Waals surface area (Å²) in [6.07, 6.45) is 0.868. The minimum atomic E-state index is -0.0783. The number of Topliss-reactive ketones (excluding diaryl/α,β-unsaturated/α-hetero) is 1. The summed E-state index contributed by atoms with van der Waals surface area (Å²) in [4.78, 5) is 14.4. The highest BCUT2D eigenvalue weighted by molar-refractivity contribution is 5.98. The summed E-state index contributed by atoms with van der Waals surface area (Å²) < 4.78 is 10.8. The van der Waals surface area contributed by atoms with Crippen molar-refractivity contribution >= 4 is 5.78 Å². The van der Waals surface area contributed by atoms with E-state index >= 15 is 0 Å². The lowest BCUT2D eigenvalue weighted by molar-refractivity contribution is -0.0240. The summed E-state index contributed by atoms with van der Waals surface area (Å²) in [5, 5.41) is 9.32. The number of nitrogens with zero attached hydrogens (tertiary/aromatic N) is 1. The highest BCUT2D eigenvalue weighted by Crippen LogP contribution is 2.26. The number of ketones is 1. The van der Waals surface area contributed by atoms with Crippen LogP contribution in [0.4, 0.5) is 0 Å². The van der Waals surface area contributed by atoms with Gasteiger partial charge in [-0.15, -0.1) is 0 Å². The van der Waals surface area contributed by atoms with Crippen molar-refractivity contribution in [1.82, 2.24) is 4.90 Å². The van der Waals surface area contributed by atoms with Gasteiger partial charge < -0.3 is 14.6 Å². The molecule has 1 aromatic rings. The quantitative estimate of drug-likeness (QED) is 0.812. The molecule has 108 valence electrons. The van der Waals surface area contributed by atoms with Crippen molar-refractivity contribution in [3.63, 3.8) is 0 Å². The summed E-state index contributed by atoms with van der Waals surface area (Å²) in [5.41, 5.74) is 1.83. The first-order chi connectivity index (χ1) is 9.78. The molecule has 0 bridgehead atoms. The fraction of sp³-hybridized carbons (Fsp3) is 0.533. The summed E-state index contributed by atoms with van der Waals surface area (Å²) >= 11 is 0. The molecule has 0 radical (unpaired) electrons. The summed E-state index contributed by atoms with van der Waals surface area (Å²) in [6, 6.07) is 5.55. The molecule has 0 aliphatic carbocycles. The van der Waals surface area contributed by atoms with Gasteiger partial charge in [-0.05, 0) is 23.8 Å². The van der Waals surface area contributed by atoms with Crippen LogP contribution in [0.1, 0.15) is 15.9 Å². The highest BCUT2D eigenvalue weighted by atomic mass is 16.5. The fourth-order valence-corrected chi connectivity index (χ4v) is 2.70. The number of ether oxygens (including phenoxy) is 2. The van der Waals surface area contributed by atoms with Crippen LogP contribution in [0.5, 0.6) is 5.75 Å². The van der Waals surface area contributed by atoms with Gasteiger partial charge in [0.05, 0.1) is 39.0 Å². The topological polar surface area (TPSA) is 59.0 Å². The van der Waals surface area contributed by atoms with Gasteiger partial charge >= 0.3 is 0 Å². The molecule has 1 unspecified atom stereocenters. The monoisotopic (exact) mass is 277 g/mol. The van der Waals surface area contributed by atoms with E-state index in [9.17, 15) is 9.90 Å². The Balaban J connectivity index is 1.69. The SMILES string of the molecule is O=C(CN1CCOCC1CO)c1ccc2c(c1)CCO2. The molecule has 1 fully saturated rings. The molecular weight excluding hydrogens is 258 g/mol. The van der Waals surface area contributed by atoms with Gasteiger partial charge in [0.1, 0.15) is 5.75 Å². The molecule has 3 rings (SSSR count). The number of hydrogen-bond acceptors (Lipinski definition) is 5. The number of carbonyl (C=O) groups excluding carboxylic acids is 1. The third kappa shape index (κ3) is 2.70. The summed E-state index contributed by atoms with van der Waals surface area (Å²) in [6.45, 7) is 2.83. The minimum Gasteiger partial charge on any atom is -0.493 e. The molecule has 0 spiro atoms. The Morgan fingerprint density at radius 2 is 2.30 bits per heavy atom. The third-order valence-corrected chi connectivity index (χ3v) is 3.92. The van der Waals surface area contributed by atoms with Gasteiger partial charge in [0.25, 0.3) is 0 Å². The lowest BCUT2D eigenvalue weighted by Gasteiger charge is -2.33. The van der Waals surface area contributed by atoms with E-state index in [1.165, 1.54) is 0 Å². The largest absolute Gasteiger partial charge is 0.493 e. The zero-order valence-corrected chi connectivity index (χ0v) is 11.4. The maximum atomic E-state index is 12.4. The van der Waals surface area contributed by atoms with Gasteiger partial charge in [0.15, 0.2) is 5.78 Å². The number of benzene rings is 1. The van der Waals surface area contributed by atoms with E-state index in [4.69, 9.17) is 9.47 Å². The molecule has 1 saturated heterocycles. The van der Waals surface area contributed by atoms with E-state index < -0.39 is 0 Å². The minimum absolute atomic E-state index is 0.0192. The van der Waals surface area contributed by atoms with Gasteiger partial charge in [-0.3, -0.25) is 9.69 Å². The number of fused-ring (bicyclic) bond motifs is 1. The van der Waals surface area contributed by atoms with Crippen LogP contribution in [-0.4, -0.2) is 61.3 Å². The molecule has 2 aliphatic rings. The lowest BCUT2D eigenvalue weighted by Crippen LogP contribution is -2.49. The van der Waals surface area contributed by atoms with Crippen molar-refractivity contribution in [2.75, 3.05) is 39.5 Å². The molecule has 1 atom stereocenters. The van der Waals surface area contributed by atoms with Gasteiger partial charge in [0, 0.05) is 18.5 Å². The van der Waals surface area contributed by atoms with E-state index in [-0.39, 0.29) is 18.4 Å². The number of morpholine rings is 1. The predicted octanol–water partition coefficient (Wildman–Crippen LogP) is 0.497. The van der Waals surface area contributed by atoms with Crippen molar-refractivity contribution < 1.29 is 19.4 Å². The van der Waals surface area contributed by atoms with Crippen LogP contribution in [-0.2, 0) is 11.2 Å². The molecule has 0 aromatic heterocycles. The first-order valence-electron chi connectivity index (χ1n) is 6.99. The second-order valence-corrected chi connectivity index (χ2v) is 5.23. The van der Waals surface area contributed by atoms with Crippen molar-refractivity contribution in [1.29, 1.82) is 0 Å². The van der Waals surface area contributed by atoms with Crippen LogP contribution in [0.2, 0.25) is 0 Å². The fourth-order valence-electron chi connectivity index (χ4n) is 2.70. The van der Waals surface area contributed by atoms with Crippen LogP contribution in [0.25, 0.3) is 0 Å². The van der Waals surface area contributed by atoms with Gasteiger partial charge in [-0.25, -0.2) is 0 Å². The maximum absolute atomic E-state index is 12.4. The van der Waals surface area contributed by atoms with E-state index in [1.54, 1.807) is 0 Å². The number of rotatable bonds is 4. The molecule has 0 saturated carbocycles. The smallest absolute Gasteiger partial charge is 0.176 e.